The molecule has 1 aromatic heterocycles. The van der Waals surface area contributed by atoms with Crippen LogP contribution in [0.15, 0.2) is 12.1 Å². The predicted molar refractivity (Wildman–Crippen MR) is 103 cm³/mol. The second kappa shape index (κ2) is 7.83. The van der Waals surface area contributed by atoms with E-state index >= 15 is 0 Å². The van der Waals surface area contributed by atoms with Crippen LogP contribution < -0.4 is 15.5 Å². The Kier molecular flexibility index (Phi) is 5.42. The van der Waals surface area contributed by atoms with Crippen molar-refractivity contribution in [3.05, 3.63) is 18.1 Å². The lowest BCUT2D eigenvalue weighted by atomic mass is 9.74. The molecule has 4 unspecified atom stereocenters. The molecule has 4 rings (SSSR count). The third-order valence-corrected chi connectivity index (χ3v) is 6.35. The molecule has 28 heavy (non-hydrogen) atoms. The SMILES string of the molecule is C[C@H](Nc1cc(N2COCC2=O)cc(F)n1)C1CC2CC(Cl)CCC2NC1=O. The number of amides is 2. The monoisotopic (exact) mass is 410 g/mol. The third-order valence-electron chi connectivity index (χ3n) is 5.96. The lowest BCUT2D eigenvalue weighted by Gasteiger charge is -2.42. The summed E-state index contributed by atoms with van der Waals surface area (Å²) >= 11 is 6.32. The second-order valence-corrected chi connectivity index (χ2v) is 8.51. The van der Waals surface area contributed by atoms with Crippen molar-refractivity contribution in [2.24, 2.45) is 11.8 Å². The topological polar surface area (TPSA) is 83.6 Å². The van der Waals surface area contributed by atoms with Gasteiger partial charge in [-0.15, -0.1) is 11.6 Å². The van der Waals surface area contributed by atoms with Crippen LogP contribution in [-0.2, 0) is 14.3 Å². The Bertz CT molecular complexity index is 780. The van der Waals surface area contributed by atoms with Crippen molar-refractivity contribution in [2.45, 2.75) is 50.1 Å². The van der Waals surface area contributed by atoms with Gasteiger partial charge >= 0.3 is 0 Å². The smallest absolute Gasteiger partial charge is 0.254 e. The number of halogens is 2. The van der Waals surface area contributed by atoms with Gasteiger partial charge in [0.15, 0.2) is 0 Å². The molecule has 3 fully saturated rings. The minimum atomic E-state index is -0.697. The Morgan fingerprint density at radius 3 is 2.93 bits per heavy atom. The molecule has 2 N–H and O–H groups in total. The summed E-state index contributed by atoms with van der Waals surface area (Å²) in [6, 6.07) is 2.75. The summed E-state index contributed by atoms with van der Waals surface area (Å²) in [5.41, 5.74) is 0.384. The quantitative estimate of drug-likeness (QED) is 0.587. The molecule has 3 aliphatic rings. The van der Waals surface area contributed by atoms with E-state index in [1.165, 1.54) is 11.0 Å². The van der Waals surface area contributed by atoms with Crippen LogP contribution in [0.3, 0.4) is 0 Å². The van der Waals surface area contributed by atoms with E-state index in [1.54, 1.807) is 6.07 Å². The first-order valence-electron chi connectivity index (χ1n) is 9.67. The fourth-order valence-electron chi connectivity index (χ4n) is 4.45. The van der Waals surface area contributed by atoms with Gasteiger partial charge in [0.05, 0.1) is 11.6 Å². The van der Waals surface area contributed by atoms with E-state index in [1.807, 2.05) is 6.92 Å². The van der Waals surface area contributed by atoms with Crippen LogP contribution in [0.25, 0.3) is 0 Å². The molecule has 152 valence electrons. The van der Waals surface area contributed by atoms with E-state index in [0.29, 0.717) is 11.6 Å². The van der Waals surface area contributed by atoms with Gasteiger partial charge in [0.25, 0.3) is 5.91 Å². The molecule has 3 heterocycles. The number of hydrogen-bond donors (Lipinski definition) is 2. The molecule has 0 radical (unpaired) electrons. The molecule has 0 bridgehead atoms. The zero-order chi connectivity index (χ0) is 19.8. The van der Waals surface area contributed by atoms with Gasteiger partial charge in [-0.1, -0.05) is 0 Å². The standard InChI is InChI=1S/C19H24ClFN4O3/c1-10(14-5-11-4-12(20)2-3-15(11)23-19(14)27)22-17-7-13(6-16(21)24-17)25-9-28-8-18(25)26/h6-7,10-12,14-15H,2-5,8-9H2,1H3,(H,22,24)(H,23,27)/t10-,11?,12?,14?,15?/m0/s1. The van der Waals surface area contributed by atoms with Gasteiger partial charge in [-0.2, -0.15) is 4.39 Å². The van der Waals surface area contributed by atoms with E-state index in [4.69, 9.17) is 16.3 Å². The zero-order valence-electron chi connectivity index (χ0n) is 15.7. The zero-order valence-corrected chi connectivity index (χ0v) is 16.4. The van der Waals surface area contributed by atoms with Crippen LogP contribution >= 0.6 is 11.6 Å². The number of ether oxygens (including phenoxy) is 1. The summed E-state index contributed by atoms with van der Waals surface area (Å²) < 4.78 is 19.1. The van der Waals surface area contributed by atoms with Crippen molar-refractivity contribution in [3.63, 3.8) is 0 Å². The van der Waals surface area contributed by atoms with Gasteiger partial charge in [-0.3, -0.25) is 14.5 Å². The van der Waals surface area contributed by atoms with E-state index in [2.05, 4.69) is 15.6 Å². The summed E-state index contributed by atoms with van der Waals surface area (Å²) in [6.45, 7) is 1.96. The molecule has 9 heteroatoms. The lowest BCUT2D eigenvalue weighted by molar-refractivity contribution is -0.130. The van der Waals surface area contributed by atoms with E-state index < -0.39 is 5.95 Å². The molecule has 2 saturated heterocycles. The first-order valence-corrected chi connectivity index (χ1v) is 10.1. The minimum absolute atomic E-state index is 0.00835. The van der Waals surface area contributed by atoms with Gasteiger partial charge < -0.3 is 15.4 Å². The Labute approximate surface area is 168 Å². The molecule has 5 atom stereocenters. The summed E-state index contributed by atoms with van der Waals surface area (Å²) in [4.78, 5) is 29.7. The molecular formula is C19H24ClFN4O3. The molecule has 1 aliphatic carbocycles. The van der Waals surface area contributed by atoms with Gasteiger partial charge in [0.1, 0.15) is 19.2 Å². The molecule has 0 aromatic carbocycles. The number of carbonyl (C=O) groups is 2. The Balaban J connectivity index is 1.47. The van der Waals surface area contributed by atoms with Crippen molar-refractivity contribution in [1.29, 1.82) is 0 Å². The number of carbonyl (C=O) groups excluding carboxylic acids is 2. The largest absolute Gasteiger partial charge is 0.367 e. The normalized spacial score (nSPS) is 31.3. The summed E-state index contributed by atoms with van der Waals surface area (Å²) in [5.74, 6) is -0.523. The number of anilines is 2. The highest BCUT2D eigenvalue weighted by molar-refractivity contribution is 6.20. The highest BCUT2D eigenvalue weighted by atomic mass is 35.5. The van der Waals surface area contributed by atoms with Crippen molar-refractivity contribution < 1.29 is 18.7 Å². The van der Waals surface area contributed by atoms with Crippen LogP contribution in [0.2, 0.25) is 0 Å². The Morgan fingerprint density at radius 2 is 2.18 bits per heavy atom. The van der Waals surface area contributed by atoms with Crippen LogP contribution in [0, 0.1) is 17.8 Å². The Hall–Kier alpha value is -1.93. The number of fused-ring (bicyclic) bond motifs is 1. The second-order valence-electron chi connectivity index (χ2n) is 7.89. The maximum absolute atomic E-state index is 14.0. The average molecular weight is 411 g/mol. The molecule has 1 saturated carbocycles. The third kappa shape index (κ3) is 3.93. The first kappa shape index (κ1) is 19.4. The molecular weight excluding hydrogens is 387 g/mol. The highest BCUT2D eigenvalue weighted by Gasteiger charge is 2.41. The Morgan fingerprint density at radius 1 is 1.36 bits per heavy atom. The number of hydrogen-bond acceptors (Lipinski definition) is 5. The highest BCUT2D eigenvalue weighted by Crippen LogP contribution is 2.37. The van der Waals surface area contributed by atoms with Crippen LogP contribution in [0.4, 0.5) is 15.9 Å². The number of piperidine rings is 1. The molecule has 1 aromatic rings. The fraction of sp³-hybridized carbons (Fsp3) is 0.632. The van der Waals surface area contributed by atoms with E-state index in [-0.39, 0.29) is 54.3 Å². The summed E-state index contributed by atoms with van der Waals surface area (Å²) in [6.07, 6.45) is 3.49. The van der Waals surface area contributed by atoms with Crippen molar-refractivity contribution in [1.82, 2.24) is 10.3 Å². The van der Waals surface area contributed by atoms with Gasteiger partial charge in [0.2, 0.25) is 11.9 Å². The molecule has 0 spiro atoms. The molecule has 7 nitrogen and oxygen atoms in total. The van der Waals surface area contributed by atoms with E-state index in [0.717, 1.165) is 25.7 Å². The number of aromatic nitrogens is 1. The van der Waals surface area contributed by atoms with Crippen LogP contribution in [0.5, 0.6) is 0 Å². The van der Waals surface area contributed by atoms with Crippen molar-refractivity contribution in [2.75, 3.05) is 23.6 Å². The first-order chi connectivity index (χ1) is 13.4. The maximum atomic E-state index is 14.0. The molecule has 2 amide bonds. The van der Waals surface area contributed by atoms with Gasteiger partial charge in [-0.05, 0) is 38.5 Å². The number of nitrogens with one attached hydrogen (secondary N) is 2. The van der Waals surface area contributed by atoms with Gasteiger partial charge in [0, 0.05) is 29.6 Å². The summed E-state index contributed by atoms with van der Waals surface area (Å²) in [5, 5.41) is 6.43. The summed E-state index contributed by atoms with van der Waals surface area (Å²) in [7, 11) is 0. The van der Waals surface area contributed by atoms with Gasteiger partial charge in [-0.25, -0.2) is 4.98 Å². The number of pyridine rings is 1. The predicted octanol–water partition coefficient (Wildman–Crippen LogP) is 2.25. The number of alkyl halides is 1. The van der Waals surface area contributed by atoms with Crippen molar-refractivity contribution in [3.8, 4) is 0 Å². The number of rotatable bonds is 4. The van der Waals surface area contributed by atoms with Crippen molar-refractivity contribution >= 4 is 34.9 Å². The minimum Gasteiger partial charge on any atom is -0.367 e. The fourth-order valence-corrected chi connectivity index (χ4v) is 4.81. The van der Waals surface area contributed by atoms with E-state index in [9.17, 15) is 14.0 Å². The average Bonchev–Trinajstić information content (AvgIpc) is 3.07. The molecule has 2 aliphatic heterocycles. The van der Waals surface area contributed by atoms with Crippen LogP contribution in [-0.4, -0.2) is 47.6 Å². The lowest BCUT2D eigenvalue weighted by Crippen LogP contribution is -2.55. The maximum Gasteiger partial charge on any atom is 0.254 e. The van der Waals surface area contributed by atoms with Crippen LogP contribution in [0.1, 0.15) is 32.6 Å². The number of nitrogens with zero attached hydrogens (tertiary/aromatic N) is 2.